The number of ether oxygens (including phenoxy) is 1. The molecule has 4 nitrogen and oxygen atoms in total. The smallest absolute Gasteiger partial charge is 0.308 e. The number of nitrogens with one attached hydrogen (secondary N) is 1. The van der Waals surface area contributed by atoms with Crippen LogP contribution in [0.4, 0.5) is 0 Å². The van der Waals surface area contributed by atoms with Crippen molar-refractivity contribution in [1.29, 1.82) is 0 Å². The average molecular weight is 375 g/mol. The van der Waals surface area contributed by atoms with Crippen molar-refractivity contribution >= 4 is 22.6 Å². The number of aryl methyl sites for hydroxylation is 1. The van der Waals surface area contributed by atoms with E-state index in [1.54, 1.807) is 6.07 Å². The van der Waals surface area contributed by atoms with Gasteiger partial charge in [0.15, 0.2) is 0 Å². The molecule has 0 bridgehead atoms. The first kappa shape index (κ1) is 19.6. The second-order valence-electron chi connectivity index (χ2n) is 6.95. The van der Waals surface area contributed by atoms with E-state index in [2.05, 4.69) is 5.32 Å². The standard InChI is InChI=1S/C24H25NO3/c1-4-7-22(27)25-24(19-12-10-16(2)11-13-19)23-20-9-6-5-8-18(20)14-15-21(23)28-17(3)26/h5-6,8-15,24H,4,7H2,1-3H3,(H,25,27). The Morgan fingerprint density at radius 3 is 2.39 bits per heavy atom. The van der Waals surface area contributed by atoms with Crippen molar-refractivity contribution in [2.75, 3.05) is 0 Å². The van der Waals surface area contributed by atoms with Crippen molar-refractivity contribution < 1.29 is 14.3 Å². The van der Waals surface area contributed by atoms with Crippen molar-refractivity contribution in [1.82, 2.24) is 5.32 Å². The van der Waals surface area contributed by atoms with Gasteiger partial charge < -0.3 is 10.1 Å². The normalized spacial score (nSPS) is 11.8. The summed E-state index contributed by atoms with van der Waals surface area (Å²) in [4.78, 5) is 24.2. The number of carbonyl (C=O) groups is 2. The minimum absolute atomic E-state index is 0.0326. The Hall–Kier alpha value is -3.14. The van der Waals surface area contributed by atoms with E-state index in [0.29, 0.717) is 12.2 Å². The number of hydrogen-bond acceptors (Lipinski definition) is 3. The number of rotatable bonds is 6. The van der Waals surface area contributed by atoms with Crippen LogP contribution in [0, 0.1) is 6.92 Å². The Bertz CT molecular complexity index is 992. The highest BCUT2D eigenvalue weighted by molar-refractivity contribution is 5.90. The topological polar surface area (TPSA) is 55.4 Å². The quantitative estimate of drug-likeness (QED) is 0.483. The first-order valence-corrected chi connectivity index (χ1v) is 9.55. The number of hydrogen-bond donors (Lipinski definition) is 1. The summed E-state index contributed by atoms with van der Waals surface area (Å²) in [5.41, 5.74) is 2.88. The summed E-state index contributed by atoms with van der Waals surface area (Å²) in [6.07, 6.45) is 1.20. The third kappa shape index (κ3) is 4.39. The molecule has 1 atom stereocenters. The van der Waals surface area contributed by atoms with Crippen molar-refractivity contribution in [3.63, 3.8) is 0 Å². The molecule has 0 saturated carbocycles. The van der Waals surface area contributed by atoms with Crippen molar-refractivity contribution in [3.05, 3.63) is 77.4 Å². The molecule has 1 amide bonds. The molecule has 4 heteroatoms. The van der Waals surface area contributed by atoms with Gasteiger partial charge in [-0.05, 0) is 35.7 Å². The van der Waals surface area contributed by atoms with Crippen LogP contribution in [0.15, 0.2) is 60.7 Å². The third-order valence-electron chi connectivity index (χ3n) is 4.67. The molecule has 3 aromatic rings. The summed E-state index contributed by atoms with van der Waals surface area (Å²) >= 11 is 0. The molecular formula is C24H25NO3. The summed E-state index contributed by atoms with van der Waals surface area (Å²) in [5, 5.41) is 5.12. The van der Waals surface area contributed by atoms with Gasteiger partial charge in [0.05, 0.1) is 6.04 Å². The lowest BCUT2D eigenvalue weighted by molar-refractivity contribution is -0.131. The van der Waals surface area contributed by atoms with Crippen LogP contribution in [0.2, 0.25) is 0 Å². The fourth-order valence-electron chi connectivity index (χ4n) is 3.36. The van der Waals surface area contributed by atoms with E-state index in [1.165, 1.54) is 6.92 Å². The first-order valence-electron chi connectivity index (χ1n) is 9.55. The molecule has 0 aliphatic rings. The number of amides is 1. The van der Waals surface area contributed by atoms with Gasteiger partial charge in [-0.25, -0.2) is 0 Å². The average Bonchev–Trinajstić information content (AvgIpc) is 2.67. The molecule has 0 fully saturated rings. The molecule has 0 aromatic heterocycles. The SMILES string of the molecule is CCCC(=O)NC(c1ccc(C)cc1)c1c(OC(C)=O)ccc2ccccc12. The van der Waals surface area contributed by atoms with Gasteiger partial charge in [-0.1, -0.05) is 67.1 Å². The largest absolute Gasteiger partial charge is 0.426 e. The molecule has 0 saturated heterocycles. The van der Waals surface area contributed by atoms with E-state index < -0.39 is 6.04 Å². The van der Waals surface area contributed by atoms with Gasteiger partial charge >= 0.3 is 5.97 Å². The van der Waals surface area contributed by atoms with Crippen LogP contribution in [0.3, 0.4) is 0 Å². The summed E-state index contributed by atoms with van der Waals surface area (Å²) in [6.45, 7) is 5.38. The van der Waals surface area contributed by atoms with Gasteiger partial charge in [0.2, 0.25) is 5.91 Å². The third-order valence-corrected chi connectivity index (χ3v) is 4.67. The monoisotopic (exact) mass is 375 g/mol. The second-order valence-corrected chi connectivity index (χ2v) is 6.95. The highest BCUT2D eigenvalue weighted by atomic mass is 16.5. The van der Waals surface area contributed by atoms with Crippen molar-refractivity contribution in [2.24, 2.45) is 0 Å². The highest BCUT2D eigenvalue weighted by Gasteiger charge is 2.23. The van der Waals surface area contributed by atoms with Crippen LogP contribution in [0.1, 0.15) is 49.4 Å². The molecule has 3 aromatic carbocycles. The van der Waals surface area contributed by atoms with Crippen LogP contribution in [0.5, 0.6) is 5.75 Å². The first-order chi connectivity index (χ1) is 13.5. The maximum Gasteiger partial charge on any atom is 0.308 e. The van der Waals surface area contributed by atoms with Gasteiger partial charge in [-0.15, -0.1) is 0 Å². The lowest BCUT2D eigenvalue weighted by atomic mass is 9.92. The molecule has 144 valence electrons. The molecule has 0 aliphatic heterocycles. The zero-order valence-electron chi connectivity index (χ0n) is 16.5. The van der Waals surface area contributed by atoms with E-state index in [4.69, 9.17) is 4.74 Å². The van der Waals surface area contributed by atoms with Gasteiger partial charge in [0, 0.05) is 18.9 Å². The van der Waals surface area contributed by atoms with Gasteiger partial charge in [-0.3, -0.25) is 9.59 Å². The minimum Gasteiger partial charge on any atom is -0.426 e. The van der Waals surface area contributed by atoms with E-state index in [0.717, 1.165) is 33.9 Å². The van der Waals surface area contributed by atoms with Crippen LogP contribution >= 0.6 is 0 Å². The fraction of sp³-hybridized carbons (Fsp3) is 0.250. The zero-order chi connectivity index (χ0) is 20.1. The lowest BCUT2D eigenvalue weighted by Gasteiger charge is -2.24. The summed E-state index contributed by atoms with van der Waals surface area (Å²) in [7, 11) is 0. The van der Waals surface area contributed by atoms with Crippen LogP contribution in [-0.2, 0) is 9.59 Å². The number of carbonyl (C=O) groups excluding carboxylic acids is 2. The Kier molecular flexibility index (Phi) is 6.09. The Morgan fingerprint density at radius 2 is 1.71 bits per heavy atom. The van der Waals surface area contributed by atoms with Gasteiger partial charge in [0.25, 0.3) is 0 Å². The second kappa shape index (κ2) is 8.70. The molecule has 0 aliphatic carbocycles. The Morgan fingerprint density at radius 1 is 1.00 bits per heavy atom. The maximum atomic E-state index is 12.5. The van der Waals surface area contributed by atoms with Crippen molar-refractivity contribution in [3.8, 4) is 5.75 Å². The highest BCUT2D eigenvalue weighted by Crippen LogP contribution is 2.37. The van der Waals surface area contributed by atoms with E-state index in [1.807, 2.05) is 68.4 Å². The Labute approximate surface area is 165 Å². The predicted octanol–water partition coefficient (Wildman–Crippen LogP) is 5.08. The van der Waals surface area contributed by atoms with Gasteiger partial charge in [-0.2, -0.15) is 0 Å². The number of esters is 1. The van der Waals surface area contributed by atoms with E-state index in [-0.39, 0.29) is 11.9 Å². The fourth-order valence-corrected chi connectivity index (χ4v) is 3.36. The van der Waals surface area contributed by atoms with Crippen LogP contribution < -0.4 is 10.1 Å². The summed E-state index contributed by atoms with van der Waals surface area (Å²) in [5.74, 6) is 0.0439. The van der Waals surface area contributed by atoms with Crippen LogP contribution in [0.25, 0.3) is 10.8 Å². The minimum atomic E-state index is -0.417. The molecular weight excluding hydrogens is 350 g/mol. The molecule has 28 heavy (non-hydrogen) atoms. The number of benzene rings is 3. The Balaban J connectivity index is 2.22. The van der Waals surface area contributed by atoms with E-state index >= 15 is 0 Å². The molecule has 3 rings (SSSR count). The predicted molar refractivity (Wildman–Crippen MR) is 111 cm³/mol. The number of fused-ring (bicyclic) bond motifs is 1. The van der Waals surface area contributed by atoms with E-state index in [9.17, 15) is 9.59 Å². The summed E-state index contributed by atoms with van der Waals surface area (Å²) < 4.78 is 5.53. The lowest BCUT2D eigenvalue weighted by Crippen LogP contribution is -2.29. The molecule has 1 unspecified atom stereocenters. The molecule has 1 N–H and O–H groups in total. The molecule has 0 spiro atoms. The summed E-state index contributed by atoms with van der Waals surface area (Å²) in [6, 6.07) is 19.3. The molecule has 0 heterocycles. The van der Waals surface area contributed by atoms with Crippen LogP contribution in [-0.4, -0.2) is 11.9 Å². The van der Waals surface area contributed by atoms with Gasteiger partial charge in [0.1, 0.15) is 5.75 Å². The molecule has 0 radical (unpaired) electrons. The maximum absolute atomic E-state index is 12.5. The zero-order valence-corrected chi connectivity index (χ0v) is 16.5. The van der Waals surface area contributed by atoms with Crippen molar-refractivity contribution in [2.45, 2.75) is 39.7 Å².